The zero-order valence-corrected chi connectivity index (χ0v) is 15.2. The third-order valence-corrected chi connectivity index (χ3v) is 7.09. The first-order valence-electron chi connectivity index (χ1n) is 8.50. The molecular formula is C17H23ClN2O3S. The standard InChI is InChI=1S/C17H23ClN2O3S/c18-15-6-3-7-16(13-15)24(22,23)20-10-8-19(9-11-20)17(21)12-14-4-1-2-5-14/h3,6-7,13-14H,1-2,4-5,8-12H2. The van der Waals surface area contributed by atoms with Crippen molar-refractivity contribution in [1.29, 1.82) is 0 Å². The molecule has 3 rings (SSSR count). The van der Waals surface area contributed by atoms with Gasteiger partial charge in [0.1, 0.15) is 0 Å². The third kappa shape index (κ3) is 3.92. The maximum absolute atomic E-state index is 12.7. The average molecular weight is 371 g/mol. The van der Waals surface area contributed by atoms with Crippen molar-refractivity contribution >= 4 is 27.5 Å². The highest BCUT2D eigenvalue weighted by molar-refractivity contribution is 7.89. The van der Waals surface area contributed by atoms with Crippen LogP contribution in [0.15, 0.2) is 29.2 Å². The summed E-state index contributed by atoms with van der Waals surface area (Å²) in [4.78, 5) is 14.4. The van der Waals surface area contributed by atoms with Crippen molar-refractivity contribution in [2.24, 2.45) is 5.92 Å². The van der Waals surface area contributed by atoms with Crippen LogP contribution in [0.3, 0.4) is 0 Å². The van der Waals surface area contributed by atoms with Crippen LogP contribution in [-0.2, 0) is 14.8 Å². The molecule has 0 spiro atoms. The lowest BCUT2D eigenvalue weighted by Gasteiger charge is -2.34. The van der Waals surface area contributed by atoms with Crippen LogP contribution in [0.1, 0.15) is 32.1 Å². The van der Waals surface area contributed by atoms with Crippen molar-refractivity contribution in [3.05, 3.63) is 29.3 Å². The van der Waals surface area contributed by atoms with Gasteiger partial charge in [-0.2, -0.15) is 4.31 Å². The molecule has 1 aliphatic heterocycles. The van der Waals surface area contributed by atoms with E-state index in [9.17, 15) is 13.2 Å². The van der Waals surface area contributed by atoms with E-state index in [1.165, 1.54) is 23.2 Å². The topological polar surface area (TPSA) is 57.7 Å². The molecule has 1 heterocycles. The largest absolute Gasteiger partial charge is 0.340 e. The zero-order chi connectivity index (χ0) is 17.2. The number of sulfonamides is 1. The summed E-state index contributed by atoms with van der Waals surface area (Å²) in [5.41, 5.74) is 0. The summed E-state index contributed by atoms with van der Waals surface area (Å²) in [6.07, 6.45) is 5.36. The summed E-state index contributed by atoms with van der Waals surface area (Å²) >= 11 is 5.90. The van der Waals surface area contributed by atoms with Gasteiger partial charge in [0.2, 0.25) is 15.9 Å². The van der Waals surface area contributed by atoms with Crippen molar-refractivity contribution in [2.45, 2.75) is 37.0 Å². The Morgan fingerprint density at radius 1 is 1.12 bits per heavy atom. The summed E-state index contributed by atoms with van der Waals surface area (Å²) in [7, 11) is -3.55. The molecule has 2 aliphatic rings. The van der Waals surface area contributed by atoms with Gasteiger partial charge in [0, 0.05) is 37.6 Å². The third-order valence-electron chi connectivity index (χ3n) is 4.96. The molecule has 7 heteroatoms. The second kappa shape index (κ2) is 7.42. The van der Waals surface area contributed by atoms with Crippen molar-refractivity contribution in [3.63, 3.8) is 0 Å². The van der Waals surface area contributed by atoms with E-state index in [1.54, 1.807) is 18.2 Å². The van der Waals surface area contributed by atoms with Crippen LogP contribution in [0.25, 0.3) is 0 Å². The SMILES string of the molecule is O=C(CC1CCCC1)N1CCN(S(=O)(=O)c2cccc(Cl)c2)CC1. The van der Waals surface area contributed by atoms with Gasteiger partial charge in [-0.3, -0.25) is 4.79 Å². The first-order valence-corrected chi connectivity index (χ1v) is 10.3. The molecule has 1 aliphatic carbocycles. The Hall–Kier alpha value is -1.11. The van der Waals surface area contributed by atoms with Gasteiger partial charge < -0.3 is 4.90 Å². The highest BCUT2D eigenvalue weighted by Gasteiger charge is 2.31. The Labute approximate surface area is 148 Å². The van der Waals surface area contributed by atoms with Gasteiger partial charge in [-0.15, -0.1) is 0 Å². The van der Waals surface area contributed by atoms with Crippen molar-refractivity contribution in [3.8, 4) is 0 Å². The molecule has 24 heavy (non-hydrogen) atoms. The van der Waals surface area contributed by atoms with E-state index in [-0.39, 0.29) is 10.8 Å². The first kappa shape index (κ1) is 17.7. The minimum Gasteiger partial charge on any atom is -0.340 e. The number of carbonyl (C=O) groups excluding carboxylic acids is 1. The molecule has 0 bridgehead atoms. The number of nitrogens with zero attached hydrogens (tertiary/aromatic N) is 2. The smallest absolute Gasteiger partial charge is 0.243 e. The van der Waals surface area contributed by atoms with Crippen LogP contribution in [0.4, 0.5) is 0 Å². The van der Waals surface area contributed by atoms with Crippen molar-refractivity contribution in [2.75, 3.05) is 26.2 Å². The molecule has 5 nitrogen and oxygen atoms in total. The summed E-state index contributed by atoms with van der Waals surface area (Å²) < 4.78 is 26.8. The van der Waals surface area contributed by atoms with Gasteiger partial charge in [-0.05, 0) is 37.0 Å². The molecule has 0 radical (unpaired) electrons. The van der Waals surface area contributed by atoms with E-state index in [0.29, 0.717) is 43.5 Å². The fourth-order valence-electron chi connectivity index (χ4n) is 3.54. The van der Waals surface area contributed by atoms with E-state index in [1.807, 2.05) is 4.90 Å². The van der Waals surface area contributed by atoms with E-state index in [2.05, 4.69) is 0 Å². The van der Waals surface area contributed by atoms with Gasteiger partial charge in [0.05, 0.1) is 4.90 Å². The van der Waals surface area contributed by atoms with E-state index >= 15 is 0 Å². The van der Waals surface area contributed by atoms with Crippen LogP contribution in [0.2, 0.25) is 5.02 Å². The number of rotatable bonds is 4. The summed E-state index contributed by atoms with van der Waals surface area (Å²) in [5, 5.41) is 0.404. The van der Waals surface area contributed by atoms with E-state index in [0.717, 1.165) is 12.8 Å². The van der Waals surface area contributed by atoms with Crippen molar-refractivity contribution in [1.82, 2.24) is 9.21 Å². The molecule has 1 aromatic rings. The normalized spacial score (nSPS) is 20.5. The maximum Gasteiger partial charge on any atom is 0.243 e. The van der Waals surface area contributed by atoms with Crippen LogP contribution >= 0.6 is 11.6 Å². The van der Waals surface area contributed by atoms with E-state index < -0.39 is 10.0 Å². The molecule has 0 unspecified atom stereocenters. The fraction of sp³-hybridized carbons (Fsp3) is 0.588. The number of amides is 1. The Morgan fingerprint density at radius 2 is 1.79 bits per heavy atom. The number of hydrogen-bond acceptors (Lipinski definition) is 3. The Bertz CT molecular complexity index is 694. The minimum absolute atomic E-state index is 0.168. The second-order valence-corrected chi connectivity index (χ2v) is 8.97. The Kier molecular flexibility index (Phi) is 5.47. The molecule has 2 fully saturated rings. The molecule has 1 aromatic carbocycles. The highest BCUT2D eigenvalue weighted by Crippen LogP contribution is 2.28. The molecule has 0 atom stereocenters. The number of benzene rings is 1. The van der Waals surface area contributed by atoms with Crippen LogP contribution in [0, 0.1) is 5.92 Å². The predicted octanol–water partition coefficient (Wildman–Crippen LogP) is 2.75. The highest BCUT2D eigenvalue weighted by atomic mass is 35.5. The molecule has 132 valence electrons. The van der Waals surface area contributed by atoms with Gasteiger partial charge >= 0.3 is 0 Å². The quantitative estimate of drug-likeness (QED) is 0.818. The first-order chi connectivity index (χ1) is 11.5. The molecule has 0 aromatic heterocycles. The van der Waals surface area contributed by atoms with Gasteiger partial charge in [0.25, 0.3) is 0 Å². The summed E-state index contributed by atoms with van der Waals surface area (Å²) in [6.45, 7) is 1.60. The van der Waals surface area contributed by atoms with Gasteiger partial charge in [-0.25, -0.2) is 8.42 Å². The molecule has 1 saturated heterocycles. The number of piperazine rings is 1. The zero-order valence-electron chi connectivity index (χ0n) is 13.7. The van der Waals surface area contributed by atoms with Crippen LogP contribution < -0.4 is 0 Å². The molecular weight excluding hydrogens is 348 g/mol. The van der Waals surface area contributed by atoms with Crippen LogP contribution in [0.5, 0.6) is 0 Å². The predicted molar refractivity (Wildman–Crippen MR) is 93.4 cm³/mol. The second-order valence-electron chi connectivity index (χ2n) is 6.60. The summed E-state index contributed by atoms with van der Waals surface area (Å²) in [5.74, 6) is 0.687. The lowest BCUT2D eigenvalue weighted by atomic mass is 10.0. The lowest BCUT2D eigenvalue weighted by molar-refractivity contribution is -0.133. The number of halogens is 1. The van der Waals surface area contributed by atoms with Gasteiger partial charge in [0.15, 0.2) is 0 Å². The molecule has 1 amide bonds. The summed E-state index contributed by atoms with van der Waals surface area (Å²) in [6, 6.07) is 6.31. The minimum atomic E-state index is -3.55. The van der Waals surface area contributed by atoms with Gasteiger partial charge in [-0.1, -0.05) is 30.5 Å². The Balaban J connectivity index is 1.59. The van der Waals surface area contributed by atoms with E-state index in [4.69, 9.17) is 11.6 Å². The number of carbonyl (C=O) groups is 1. The van der Waals surface area contributed by atoms with Crippen molar-refractivity contribution < 1.29 is 13.2 Å². The maximum atomic E-state index is 12.7. The number of hydrogen-bond donors (Lipinski definition) is 0. The fourth-order valence-corrected chi connectivity index (χ4v) is 5.27. The lowest BCUT2D eigenvalue weighted by Crippen LogP contribution is -2.50. The molecule has 0 N–H and O–H groups in total. The Morgan fingerprint density at radius 3 is 2.42 bits per heavy atom. The average Bonchev–Trinajstić information content (AvgIpc) is 3.08. The molecule has 1 saturated carbocycles. The van der Waals surface area contributed by atoms with Crippen LogP contribution in [-0.4, -0.2) is 49.7 Å². The monoisotopic (exact) mass is 370 g/mol.